The fourth-order valence-corrected chi connectivity index (χ4v) is 4.55. The van der Waals surface area contributed by atoms with Crippen molar-refractivity contribution in [3.8, 4) is 0 Å². The Kier molecular flexibility index (Phi) is 4.40. The first-order chi connectivity index (χ1) is 9.77. The van der Waals surface area contributed by atoms with E-state index in [0.29, 0.717) is 19.0 Å². The lowest BCUT2D eigenvalue weighted by atomic mass is 9.94. The van der Waals surface area contributed by atoms with Crippen LogP contribution in [-0.2, 0) is 17.1 Å². The Morgan fingerprint density at radius 2 is 2.14 bits per heavy atom. The third-order valence-corrected chi connectivity index (χ3v) is 5.95. The summed E-state index contributed by atoms with van der Waals surface area (Å²) in [4.78, 5) is 11.4. The number of aryl methyl sites for hydroxylation is 1. The first-order valence-electron chi connectivity index (χ1n) is 6.95. The highest BCUT2D eigenvalue weighted by Gasteiger charge is 2.35. The molecule has 0 bridgehead atoms. The number of rotatable bonds is 4. The Bertz CT molecular complexity index is 638. The number of primary amides is 1. The van der Waals surface area contributed by atoms with Crippen molar-refractivity contribution < 1.29 is 13.2 Å². The molecule has 0 spiro atoms. The number of hydrogen-bond donors (Lipinski definition) is 2. The third-order valence-electron chi connectivity index (χ3n) is 4.03. The number of aromatic nitrogens is 1. The quantitative estimate of drug-likeness (QED) is 0.806. The van der Waals surface area contributed by atoms with E-state index in [2.05, 4.69) is 6.92 Å². The fraction of sp³-hybridized carbons (Fsp3) is 0.615. The van der Waals surface area contributed by atoms with E-state index in [1.165, 1.54) is 21.1 Å². The van der Waals surface area contributed by atoms with Crippen LogP contribution in [0.1, 0.15) is 30.3 Å². The van der Waals surface area contributed by atoms with Crippen molar-refractivity contribution in [2.24, 2.45) is 24.4 Å². The van der Waals surface area contributed by atoms with Crippen LogP contribution in [0.15, 0.2) is 17.2 Å². The lowest BCUT2D eigenvalue weighted by molar-refractivity contribution is 0.0992. The van der Waals surface area contributed by atoms with E-state index in [1.54, 1.807) is 7.05 Å². The molecule has 1 aliphatic heterocycles. The van der Waals surface area contributed by atoms with E-state index in [0.717, 1.165) is 12.8 Å². The zero-order chi connectivity index (χ0) is 15.8. The molecular weight excluding hydrogens is 292 g/mol. The standard InChI is InChI=1S/C13H22N4O3S/c1-9-3-4-17(10(5-9)7-14)21(19,20)11-6-12(13(15)18)16(2)8-11/h6,8-10H,3-5,7,14H2,1-2H3,(H2,15,18). The second-order valence-corrected chi connectivity index (χ2v) is 7.56. The number of nitrogens with two attached hydrogens (primary N) is 2. The van der Waals surface area contributed by atoms with Crippen LogP contribution >= 0.6 is 0 Å². The SMILES string of the molecule is CC1CCN(S(=O)(=O)c2cc(C(N)=O)n(C)c2)C(CN)C1. The minimum atomic E-state index is -3.66. The molecule has 7 nitrogen and oxygen atoms in total. The fourth-order valence-electron chi connectivity index (χ4n) is 2.82. The molecule has 118 valence electrons. The molecule has 1 aromatic rings. The summed E-state index contributed by atoms with van der Waals surface area (Å²) in [7, 11) is -2.06. The van der Waals surface area contributed by atoms with Gasteiger partial charge in [-0.1, -0.05) is 6.92 Å². The van der Waals surface area contributed by atoms with Crippen molar-refractivity contribution in [1.29, 1.82) is 0 Å². The Morgan fingerprint density at radius 1 is 1.48 bits per heavy atom. The van der Waals surface area contributed by atoms with Crippen molar-refractivity contribution >= 4 is 15.9 Å². The molecule has 0 aromatic carbocycles. The average Bonchev–Trinajstić information content (AvgIpc) is 2.81. The molecule has 1 fully saturated rings. The van der Waals surface area contributed by atoms with Gasteiger partial charge in [0, 0.05) is 32.4 Å². The maximum Gasteiger partial charge on any atom is 0.265 e. The summed E-state index contributed by atoms with van der Waals surface area (Å²) in [6.45, 7) is 2.84. The van der Waals surface area contributed by atoms with Gasteiger partial charge in [0.1, 0.15) is 10.6 Å². The van der Waals surface area contributed by atoms with Crippen molar-refractivity contribution in [1.82, 2.24) is 8.87 Å². The second kappa shape index (κ2) is 5.78. The maximum absolute atomic E-state index is 12.8. The minimum Gasteiger partial charge on any atom is -0.364 e. The van der Waals surface area contributed by atoms with Gasteiger partial charge in [0.2, 0.25) is 10.0 Å². The normalized spacial score (nSPS) is 24.1. The van der Waals surface area contributed by atoms with Crippen LogP contribution in [0, 0.1) is 5.92 Å². The van der Waals surface area contributed by atoms with Crippen LogP contribution in [0.25, 0.3) is 0 Å². The van der Waals surface area contributed by atoms with E-state index in [-0.39, 0.29) is 16.6 Å². The van der Waals surface area contributed by atoms with Crippen LogP contribution < -0.4 is 11.5 Å². The molecular formula is C13H22N4O3S. The molecule has 2 atom stereocenters. The minimum absolute atomic E-state index is 0.0896. The lowest BCUT2D eigenvalue weighted by Gasteiger charge is -2.36. The number of carbonyl (C=O) groups excluding carboxylic acids is 1. The molecule has 1 amide bonds. The number of sulfonamides is 1. The van der Waals surface area contributed by atoms with Crippen LogP contribution in [-0.4, -0.2) is 42.3 Å². The summed E-state index contributed by atoms with van der Waals surface area (Å²) >= 11 is 0. The summed E-state index contributed by atoms with van der Waals surface area (Å²) in [5, 5.41) is 0. The Balaban J connectivity index is 2.37. The topological polar surface area (TPSA) is 111 Å². The second-order valence-electron chi connectivity index (χ2n) is 5.67. The zero-order valence-corrected chi connectivity index (χ0v) is 13.1. The highest BCUT2D eigenvalue weighted by molar-refractivity contribution is 7.89. The first kappa shape index (κ1) is 16.0. The molecule has 1 aromatic heterocycles. The third kappa shape index (κ3) is 2.97. The Hall–Kier alpha value is -1.38. The zero-order valence-electron chi connectivity index (χ0n) is 12.3. The average molecular weight is 314 g/mol. The van der Waals surface area contributed by atoms with Gasteiger partial charge in [0.05, 0.1) is 0 Å². The number of nitrogens with zero attached hydrogens (tertiary/aromatic N) is 2. The molecule has 8 heteroatoms. The Morgan fingerprint density at radius 3 is 2.67 bits per heavy atom. The summed E-state index contributed by atoms with van der Waals surface area (Å²) in [5.41, 5.74) is 11.1. The highest BCUT2D eigenvalue weighted by Crippen LogP contribution is 2.28. The van der Waals surface area contributed by atoms with Crippen LogP contribution in [0.2, 0.25) is 0 Å². The molecule has 0 aliphatic carbocycles. The van der Waals surface area contributed by atoms with Gasteiger partial charge in [-0.15, -0.1) is 0 Å². The number of carbonyl (C=O) groups is 1. The van der Waals surface area contributed by atoms with Gasteiger partial charge >= 0.3 is 0 Å². The van der Waals surface area contributed by atoms with Gasteiger partial charge in [-0.3, -0.25) is 4.79 Å². The molecule has 2 unspecified atom stereocenters. The van der Waals surface area contributed by atoms with Crippen LogP contribution in [0.5, 0.6) is 0 Å². The van der Waals surface area contributed by atoms with Gasteiger partial charge in [-0.05, 0) is 24.8 Å². The van der Waals surface area contributed by atoms with Gasteiger partial charge in [-0.25, -0.2) is 8.42 Å². The van der Waals surface area contributed by atoms with Gasteiger partial charge in [0.25, 0.3) is 5.91 Å². The molecule has 1 saturated heterocycles. The monoisotopic (exact) mass is 314 g/mol. The summed E-state index contributed by atoms with van der Waals surface area (Å²) in [5.74, 6) is -0.191. The van der Waals surface area contributed by atoms with E-state index in [4.69, 9.17) is 11.5 Å². The molecule has 2 heterocycles. The number of amides is 1. The van der Waals surface area contributed by atoms with Gasteiger partial charge in [-0.2, -0.15) is 4.31 Å². The van der Waals surface area contributed by atoms with Crippen LogP contribution in [0.3, 0.4) is 0 Å². The molecule has 0 radical (unpaired) electrons. The van der Waals surface area contributed by atoms with Crippen molar-refractivity contribution in [3.63, 3.8) is 0 Å². The molecule has 0 saturated carbocycles. The predicted octanol–water partition coefficient (Wildman–Crippen LogP) is -0.128. The maximum atomic E-state index is 12.8. The summed E-state index contributed by atoms with van der Waals surface area (Å²) in [6, 6.07) is 1.12. The summed E-state index contributed by atoms with van der Waals surface area (Å²) in [6.07, 6.45) is 2.98. The predicted molar refractivity (Wildman–Crippen MR) is 79.1 cm³/mol. The smallest absolute Gasteiger partial charge is 0.265 e. The molecule has 2 rings (SSSR count). The van der Waals surface area contributed by atoms with Crippen molar-refractivity contribution in [2.45, 2.75) is 30.7 Å². The summed E-state index contributed by atoms with van der Waals surface area (Å²) < 4.78 is 28.4. The van der Waals surface area contributed by atoms with Gasteiger partial charge < -0.3 is 16.0 Å². The number of piperidine rings is 1. The van der Waals surface area contributed by atoms with E-state index < -0.39 is 15.9 Å². The van der Waals surface area contributed by atoms with E-state index in [1.807, 2.05) is 0 Å². The van der Waals surface area contributed by atoms with Crippen LogP contribution in [0.4, 0.5) is 0 Å². The lowest BCUT2D eigenvalue weighted by Crippen LogP contribution is -2.49. The Labute approximate surface area is 124 Å². The van der Waals surface area contributed by atoms with Crippen molar-refractivity contribution in [3.05, 3.63) is 18.0 Å². The molecule has 21 heavy (non-hydrogen) atoms. The van der Waals surface area contributed by atoms with E-state index >= 15 is 0 Å². The number of hydrogen-bond acceptors (Lipinski definition) is 4. The van der Waals surface area contributed by atoms with E-state index in [9.17, 15) is 13.2 Å². The van der Waals surface area contributed by atoms with Crippen molar-refractivity contribution in [2.75, 3.05) is 13.1 Å². The largest absolute Gasteiger partial charge is 0.364 e. The molecule has 1 aliphatic rings. The van der Waals surface area contributed by atoms with Gasteiger partial charge in [0.15, 0.2) is 0 Å². The highest BCUT2D eigenvalue weighted by atomic mass is 32.2. The first-order valence-corrected chi connectivity index (χ1v) is 8.39. The molecule has 4 N–H and O–H groups in total.